The molecule has 0 spiro atoms. The summed E-state index contributed by atoms with van der Waals surface area (Å²) in [7, 11) is 0. The van der Waals surface area contributed by atoms with Crippen molar-refractivity contribution in [1.82, 2.24) is 20.1 Å². The Morgan fingerprint density at radius 1 is 1.04 bits per heavy atom. The molecule has 1 aromatic heterocycles. The summed E-state index contributed by atoms with van der Waals surface area (Å²) >= 11 is 0. The van der Waals surface area contributed by atoms with Crippen molar-refractivity contribution in [3.8, 4) is 0 Å². The summed E-state index contributed by atoms with van der Waals surface area (Å²) in [5.74, 6) is 0.103. The number of benzene rings is 1. The van der Waals surface area contributed by atoms with Gasteiger partial charge in [-0.3, -0.25) is 19.6 Å². The van der Waals surface area contributed by atoms with Gasteiger partial charge < -0.3 is 5.32 Å². The standard InChI is InChI=1S/C20H26N4O/c1-17-4-2-3-5-19(17)14-22-20(25)16-24-12-10-23(11-13-24)15-18-6-8-21-9-7-18/h2-9H,10-16H2,1H3,(H,22,25). The first kappa shape index (κ1) is 17.6. The van der Waals surface area contributed by atoms with Gasteiger partial charge in [0.1, 0.15) is 0 Å². The highest BCUT2D eigenvalue weighted by Gasteiger charge is 2.18. The molecule has 1 aliphatic heterocycles. The number of piperazine rings is 1. The van der Waals surface area contributed by atoms with Gasteiger partial charge in [-0.1, -0.05) is 24.3 Å². The molecule has 0 bridgehead atoms. The summed E-state index contributed by atoms with van der Waals surface area (Å²) < 4.78 is 0. The number of nitrogens with zero attached hydrogens (tertiary/aromatic N) is 3. The number of carbonyl (C=O) groups is 1. The Balaban J connectivity index is 1.38. The van der Waals surface area contributed by atoms with E-state index in [0.717, 1.165) is 32.7 Å². The molecule has 2 heterocycles. The highest BCUT2D eigenvalue weighted by molar-refractivity contribution is 5.78. The Morgan fingerprint density at radius 3 is 2.44 bits per heavy atom. The normalized spacial score (nSPS) is 15.9. The number of aromatic nitrogens is 1. The van der Waals surface area contributed by atoms with Crippen LogP contribution in [-0.4, -0.2) is 53.4 Å². The predicted octanol–water partition coefficient (Wildman–Crippen LogP) is 1.82. The van der Waals surface area contributed by atoms with E-state index < -0.39 is 0 Å². The molecule has 5 heteroatoms. The van der Waals surface area contributed by atoms with Gasteiger partial charge >= 0.3 is 0 Å². The zero-order valence-electron chi connectivity index (χ0n) is 14.8. The Hall–Kier alpha value is -2.24. The molecule has 3 rings (SSSR count). The number of carbonyl (C=O) groups excluding carboxylic acids is 1. The number of hydrogen-bond acceptors (Lipinski definition) is 4. The Labute approximate surface area is 149 Å². The average Bonchev–Trinajstić information content (AvgIpc) is 2.64. The first-order valence-corrected chi connectivity index (χ1v) is 8.85. The van der Waals surface area contributed by atoms with Gasteiger partial charge in [0.05, 0.1) is 6.54 Å². The van der Waals surface area contributed by atoms with Crippen molar-refractivity contribution < 1.29 is 4.79 Å². The lowest BCUT2D eigenvalue weighted by Crippen LogP contribution is -2.49. The number of aryl methyl sites for hydroxylation is 1. The van der Waals surface area contributed by atoms with Gasteiger partial charge in [-0.15, -0.1) is 0 Å². The van der Waals surface area contributed by atoms with Crippen molar-refractivity contribution >= 4 is 5.91 Å². The maximum absolute atomic E-state index is 12.2. The minimum atomic E-state index is 0.103. The average molecular weight is 338 g/mol. The second-order valence-electron chi connectivity index (χ2n) is 6.61. The highest BCUT2D eigenvalue weighted by atomic mass is 16.2. The van der Waals surface area contributed by atoms with E-state index in [0.29, 0.717) is 13.1 Å². The molecule has 0 saturated carbocycles. The summed E-state index contributed by atoms with van der Waals surface area (Å²) in [6.07, 6.45) is 3.68. The number of nitrogens with one attached hydrogen (secondary N) is 1. The molecule has 1 N–H and O–H groups in total. The fourth-order valence-electron chi connectivity index (χ4n) is 3.11. The van der Waals surface area contributed by atoms with Crippen molar-refractivity contribution in [2.24, 2.45) is 0 Å². The number of pyridine rings is 1. The van der Waals surface area contributed by atoms with Gasteiger partial charge in [-0.25, -0.2) is 0 Å². The maximum atomic E-state index is 12.2. The van der Waals surface area contributed by atoms with Crippen LogP contribution < -0.4 is 5.32 Å². The van der Waals surface area contributed by atoms with Crippen LogP contribution in [0.5, 0.6) is 0 Å². The summed E-state index contributed by atoms with van der Waals surface area (Å²) in [6, 6.07) is 12.3. The molecular formula is C20H26N4O. The fourth-order valence-corrected chi connectivity index (χ4v) is 3.11. The van der Waals surface area contributed by atoms with Crippen LogP contribution in [0.2, 0.25) is 0 Å². The zero-order valence-corrected chi connectivity index (χ0v) is 14.8. The van der Waals surface area contributed by atoms with Crippen LogP contribution in [0.15, 0.2) is 48.8 Å². The predicted molar refractivity (Wildman–Crippen MR) is 99.0 cm³/mol. The van der Waals surface area contributed by atoms with Crippen molar-refractivity contribution in [2.45, 2.75) is 20.0 Å². The molecule has 0 aliphatic carbocycles. The second kappa shape index (κ2) is 8.74. The topological polar surface area (TPSA) is 48.5 Å². The lowest BCUT2D eigenvalue weighted by Gasteiger charge is -2.34. The van der Waals surface area contributed by atoms with E-state index in [-0.39, 0.29) is 5.91 Å². The summed E-state index contributed by atoms with van der Waals surface area (Å²) in [5, 5.41) is 3.04. The van der Waals surface area contributed by atoms with Crippen LogP contribution in [0, 0.1) is 6.92 Å². The van der Waals surface area contributed by atoms with Crippen LogP contribution in [-0.2, 0) is 17.9 Å². The van der Waals surface area contributed by atoms with Crippen LogP contribution in [0.4, 0.5) is 0 Å². The summed E-state index contributed by atoms with van der Waals surface area (Å²) in [6.45, 7) is 7.97. The summed E-state index contributed by atoms with van der Waals surface area (Å²) in [4.78, 5) is 20.9. The monoisotopic (exact) mass is 338 g/mol. The number of amides is 1. The third-order valence-electron chi connectivity index (χ3n) is 4.72. The first-order chi connectivity index (χ1) is 12.2. The second-order valence-corrected chi connectivity index (χ2v) is 6.61. The Bertz CT molecular complexity index is 681. The SMILES string of the molecule is Cc1ccccc1CNC(=O)CN1CCN(Cc2ccncc2)CC1. The van der Waals surface area contributed by atoms with Crippen LogP contribution in [0.25, 0.3) is 0 Å². The van der Waals surface area contributed by atoms with E-state index in [1.54, 1.807) is 0 Å². The van der Waals surface area contributed by atoms with Crippen molar-refractivity contribution in [1.29, 1.82) is 0 Å². The zero-order chi connectivity index (χ0) is 17.5. The minimum Gasteiger partial charge on any atom is -0.351 e. The molecule has 0 radical (unpaired) electrons. The van der Waals surface area contributed by atoms with E-state index in [4.69, 9.17) is 0 Å². The van der Waals surface area contributed by atoms with E-state index in [2.05, 4.69) is 51.3 Å². The number of rotatable bonds is 6. The van der Waals surface area contributed by atoms with E-state index in [1.807, 2.05) is 24.5 Å². The van der Waals surface area contributed by atoms with Gasteiger partial charge in [-0.05, 0) is 35.7 Å². The molecule has 25 heavy (non-hydrogen) atoms. The smallest absolute Gasteiger partial charge is 0.234 e. The Kier molecular flexibility index (Phi) is 6.14. The van der Waals surface area contributed by atoms with Crippen molar-refractivity contribution in [3.05, 3.63) is 65.5 Å². The Morgan fingerprint density at radius 2 is 1.72 bits per heavy atom. The van der Waals surface area contributed by atoms with Crippen LogP contribution in [0.3, 0.4) is 0 Å². The van der Waals surface area contributed by atoms with Crippen molar-refractivity contribution in [3.63, 3.8) is 0 Å². The lowest BCUT2D eigenvalue weighted by atomic mass is 10.1. The highest BCUT2D eigenvalue weighted by Crippen LogP contribution is 2.08. The minimum absolute atomic E-state index is 0.103. The molecule has 2 aromatic rings. The molecule has 132 valence electrons. The van der Waals surface area contributed by atoms with Gasteiger partial charge in [0.15, 0.2) is 0 Å². The molecule has 5 nitrogen and oxygen atoms in total. The van der Waals surface area contributed by atoms with Crippen LogP contribution in [0.1, 0.15) is 16.7 Å². The van der Waals surface area contributed by atoms with Gasteiger partial charge in [0.25, 0.3) is 0 Å². The van der Waals surface area contributed by atoms with Crippen molar-refractivity contribution in [2.75, 3.05) is 32.7 Å². The fraction of sp³-hybridized carbons (Fsp3) is 0.400. The van der Waals surface area contributed by atoms with Gasteiger partial charge in [-0.2, -0.15) is 0 Å². The molecule has 1 aliphatic rings. The van der Waals surface area contributed by atoms with Crippen LogP contribution >= 0.6 is 0 Å². The molecule has 0 atom stereocenters. The molecule has 0 unspecified atom stereocenters. The number of hydrogen-bond donors (Lipinski definition) is 1. The molecule has 1 fully saturated rings. The third kappa shape index (κ3) is 5.37. The molecule has 1 saturated heterocycles. The van der Waals surface area contributed by atoms with E-state index in [9.17, 15) is 4.79 Å². The first-order valence-electron chi connectivity index (χ1n) is 8.85. The lowest BCUT2D eigenvalue weighted by molar-refractivity contribution is -0.122. The van der Waals surface area contributed by atoms with Gasteiger partial charge in [0, 0.05) is 51.7 Å². The van der Waals surface area contributed by atoms with Gasteiger partial charge in [0.2, 0.25) is 5.91 Å². The van der Waals surface area contributed by atoms with E-state index >= 15 is 0 Å². The van der Waals surface area contributed by atoms with E-state index in [1.165, 1.54) is 16.7 Å². The molecular weight excluding hydrogens is 312 g/mol. The summed E-state index contributed by atoms with van der Waals surface area (Å²) in [5.41, 5.74) is 3.69. The maximum Gasteiger partial charge on any atom is 0.234 e. The third-order valence-corrected chi connectivity index (χ3v) is 4.72. The quantitative estimate of drug-likeness (QED) is 0.873. The largest absolute Gasteiger partial charge is 0.351 e. The molecule has 1 aromatic carbocycles. The molecule has 1 amide bonds.